The van der Waals surface area contributed by atoms with Crippen LogP contribution in [-0.4, -0.2) is 11.5 Å². The highest BCUT2D eigenvalue weighted by Crippen LogP contribution is 2.47. The van der Waals surface area contributed by atoms with Crippen LogP contribution in [0.4, 0.5) is 5.69 Å². The summed E-state index contributed by atoms with van der Waals surface area (Å²) in [5.74, 6) is 0. The average Bonchev–Trinajstić information content (AvgIpc) is 2.55. The summed E-state index contributed by atoms with van der Waals surface area (Å²) in [6.07, 6.45) is 1.97. The first-order valence-corrected chi connectivity index (χ1v) is 6.41. The Morgan fingerprint density at radius 1 is 1.50 bits per heavy atom. The molecule has 3 heteroatoms. The zero-order valence-corrected chi connectivity index (χ0v) is 10.3. The minimum absolute atomic E-state index is 0.115. The number of hydrogen-bond acceptors (Lipinski definition) is 3. The van der Waals surface area contributed by atoms with Crippen molar-refractivity contribution >= 4 is 17.4 Å². The van der Waals surface area contributed by atoms with Crippen LogP contribution < -0.4 is 5.32 Å². The number of thioether (sulfide) groups is 1. The zero-order chi connectivity index (χ0) is 11.8. The van der Waals surface area contributed by atoms with Gasteiger partial charge < -0.3 is 5.32 Å². The molecule has 1 aromatic rings. The first kappa shape index (κ1) is 11.1. The molecule has 0 spiro atoms. The lowest BCUT2D eigenvalue weighted by molar-refractivity contribution is 0.614. The van der Waals surface area contributed by atoms with E-state index in [1.165, 1.54) is 5.56 Å². The minimum Gasteiger partial charge on any atom is -0.358 e. The number of fused-ring (bicyclic) bond motifs is 1. The van der Waals surface area contributed by atoms with Gasteiger partial charge >= 0.3 is 0 Å². The van der Waals surface area contributed by atoms with Crippen LogP contribution in [0.15, 0.2) is 36.5 Å². The van der Waals surface area contributed by atoms with Gasteiger partial charge in [-0.3, -0.25) is 0 Å². The number of nitrogens with one attached hydrogen (secondary N) is 1. The third kappa shape index (κ3) is 1.34. The van der Waals surface area contributed by atoms with Gasteiger partial charge in [0.1, 0.15) is 5.25 Å². The smallest absolute Gasteiger partial charge is 0.106 e. The Morgan fingerprint density at radius 3 is 2.81 bits per heavy atom. The largest absolute Gasteiger partial charge is 0.358 e. The number of hydrogen-bond donors (Lipinski definition) is 1. The highest BCUT2D eigenvalue weighted by atomic mass is 32.2. The molecule has 1 heterocycles. The van der Waals surface area contributed by atoms with Gasteiger partial charge in [-0.25, -0.2) is 0 Å². The van der Waals surface area contributed by atoms with E-state index < -0.39 is 0 Å². The summed E-state index contributed by atoms with van der Waals surface area (Å²) < 4.78 is 0. The van der Waals surface area contributed by atoms with E-state index in [-0.39, 0.29) is 10.7 Å². The molecule has 0 saturated heterocycles. The van der Waals surface area contributed by atoms with Crippen molar-refractivity contribution in [2.45, 2.75) is 17.6 Å². The number of benzene rings is 1. The van der Waals surface area contributed by atoms with Gasteiger partial charge in [0.25, 0.3) is 0 Å². The maximum Gasteiger partial charge on any atom is 0.106 e. The SMILES string of the molecule is C=C1Nc2ccccc2C1(C)C(C#N)SC. The Hall–Kier alpha value is -1.40. The third-order valence-electron chi connectivity index (χ3n) is 3.28. The molecule has 1 aromatic carbocycles. The molecule has 16 heavy (non-hydrogen) atoms. The van der Waals surface area contributed by atoms with Crippen molar-refractivity contribution < 1.29 is 0 Å². The molecule has 0 aromatic heterocycles. The Morgan fingerprint density at radius 2 is 2.19 bits per heavy atom. The standard InChI is InChI=1S/C13H14N2S/c1-9-13(2,12(8-14)16-3)10-6-4-5-7-11(10)15-9/h4-7,12,15H,1H2,2-3H3. The summed E-state index contributed by atoms with van der Waals surface area (Å²) in [5.41, 5.74) is 2.85. The van der Waals surface area contributed by atoms with Crippen LogP contribution >= 0.6 is 11.8 Å². The molecule has 2 atom stereocenters. The van der Waals surface area contributed by atoms with E-state index in [4.69, 9.17) is 0 Å². The molecule has 0 aliphatic carbocycles. The van der Waals surface area contributed by atoms with Gasteiger partial charge in [0.2, 0.25) is 0 Å². The van der Waals surface area contributed by atoms with Crippen molar-refractivity contribution in [3.8, 4) is 6.07 Å². The monoisotopic (exact) mass is 230 g/mol. The van der Waals surface area contributed by atoms with E-state index in [2.05, 4.69) is 31.0 Å². The maximum atomic E-state index is 9.26. The van der Waals surface area contributed by atoms with Gasteiger partial charge in [-0.15, -0.1) is 11.8 Å². The van der Waals surface area contributed by atoms with Gasteiger partial charge in [0.05, 0.1) is 11.5 Å². The Balaban J connectivity index is 2.57. The minimum atomic E-state index is -0.301. The van der Waals surface area contributed by atoms with Crippen molar-refractivity contribution in [1.82, 2.24) is 0 Å². The number of anilines is 1. The molecular weight excluding hydrogens is 216 g/mol. The zero-order valence-electron chi connectivity index (χ0n) is 9.45. The summed E-state index contributed by atoms with van der Waals surface area (Å²) in [6, 6.07) is 10.5. The Kier molecular flexibility index (Phi) is 2.69. The molecule has 2 nitrogen and oxygen atoms in total. The molecule has 1 aliphatic heterocycles. The van der Waals surface area contributed by atoms with Crippen molar-refractivity contribution in [2.75, 3.05) is 11.6 Å². The number of allylic oxidation sites excluding steroid dienone is 1. The molecule has 1 N–H and O–H groups in total. The van der Waals surface area contributed by atoms with Gasteiger partial charge in [-0.2, -0.15) is 5.26 Å². The average molecular weight is 230 g/mol. The number of para-hydroxylation sites is 1. The maximum absolute atomic E-state index is 9.26. The molecule has 0 amide bonds. The lowest BCUT2D eigenvalue weighted by atomic mass is 9.79. The first-order chi connectivity index (χ1) is 7.64. The van der Waals surface area contributed by atoms with E-state index in [0.717, 1.165) is 11.4 Å². The van der Waals surface area contributed by atoms with Gasteiger partial charge in [-0.05, 0) is 24.8 Å². The summed E-state index contributed by atoms with van der Waals surface area (Å²) >= 11 is 1.57. The van der Waals surface area contributed by atoms with E-state index >= 15 is 0 Å². The molecule has 2 unspecified atom stereocenters. The second kappa shape index (κ2) is 3.88. The predicted octanol–water partition coefficient (Wildman–Crippen LogP) is 3.14. The molecule has 0 bridgehead atoms. The fourth-order valence-electron chi connectivity index (χ4n) is 2.22. The molecular formula is C13H14N2S. The Labute approximate surface area is 100 Å². The summed E-state index contributed by atoms with van der Waals surface area (Å²) in [7, 11) is 0. The van der Waals surface area contributed by atoms with Crippen molar-refractivity contribution in [3.05, 3.63) is 42.1 Å². The highest BCUT2D eigenvalue weighted by molar-refractivity contribution is 7.99. The molecule has 0 fully saturated rings. The molecule has 82 valence electrons. The van der Waals surface area contributed by atoms with Crippen LogP contribution in [0.3, 0.4) is 0 Å². The molecule has 2 rings (SSSR count). The van der Waals surface area contributed by atoms with Crippen molar-refractivity contribution in [1.29, 1.82) is 5.26 Å². The van der Waals surface area contributed by atoms with E-state index in [1.807, 2.05) is 24.5 Å². The molecule has 0 saturated carbocycles. The van der Waals surface area contributed by atoms with E-state index in [1.54, 1.807) is 11.8 Å². The van der Waals surface area contributed by atoms with Crippen LogP contribution in [0.5, 0.6) is 0 Å². The number of nitrogens with zero attached hydrogens (tertiary/aromatic N) is 1. The lowest BCUT2D eigenvalue weighted by Gasteiger charge is -2.29. The van der Waals surface area contributed by atoms with E-state index in [9.17, 15) is 5.26 Å². The second-order valence-electron chi connectivity index (χ2n) is 4.10. The number of nitriles is 1. The molecule has 0 radical (unpaired) electrons. The topological polar surface area (TPSA) is 35.8 Å². The highest BCUT2D eigenvalue weighted by Gasteiger charge is 2.44. The van der Waals surface area contributed by atoms with Gasteiger partial charge in [0.15, 0.2) is 0 Å². The predicted molar refractivity (Wildman–Crippen MR) is 69.5 cm³/mol. The van der Waals surface area contributed by atoms with Crippen molar-refractivity contribution in [2.24, 2.45) is 0 Å². The van der Waals surface area contributed by atoms with Gasteiger partial charge in [-0.1, -0.05) is 24.8 Å². The van der Waals surface area contributed by atoms with Crippen LogP contribution in [0.25, 0.3) is 0 Å². The van der Waals surface area contributed by atoms with Crippen LogP contribution in [0, 0.1) is 11.3 Å². The quantitative estimate of drug-likeness (QED) is 0.847. The summed E-state index contributed by atoms with van der Waals surface area (Å²) in [4.78, 5) is 0. The lowest BCUT2D eigenvalue weighted by Crippen LogP contribution is -2.33. The van der Waals surface area contributed by atoms with Crippen LogP contribution in [0.2, 0.25) is 0 Å². The first-order valence-electron chi connectivity index (χ1n) is 5.13. The third-order valence-corrected chi connectivity index (χ3v) is 4.32. The second-order valence-corrected chi connectivity index (χ2v) is 5.04. The normalized spacial score (nSPS) is 24.4. The summed E-state index contributed by atoms with van der Waals surface area (Å²) in [6.45, 7) is 6.15. The van der Waals surface area contributed by atoms with Crippen LogP contribution in [-0.2, 0) is 5.41 Å². The van der Waals surface area contributed by atoms with Gasteiger partial charge in [0, 0.05) is 11.4 Å². The number of rotatable bonds is 2. The fraction of sp³-hybridized carbons (Fsp3) is 0.308. The van der Waals surface area contributed by atoms with Crippen LogP contribution in [0.1, 0.15) is 12.5 Å². The van der Waals surface area contributed by atoms with Crippen molar-refractivity contribution in [3.63, 3.8) is 0 Å². The molecule has 1 aliphatic rings. The van der Waals surface area contributed by atoms with E-state index in [0.29, 0.717) is 0 Å². The Bertz CT molecular complexity index is 475. The fourth-order valence-corrected chi connectivity index (χ4v) is 3.06. The summed E-state index contributed by atoms with van der Waals surface area (Å²) in [5, 5.41) is 12.4.